The monoisotopic (exact) mass is 462 g/mol. The molecular formula is C23H18N4O3S2. The summed E-state index contributed by atoms with van der Waals surface area (Å²) in [7, 11) is 3.19. The second-order valence-corrected chi connectivity index (χ2v) is 8.93. The highest BCUT2D eigenvalue weighted by Crippen LogP contribution is 2.37. The van der Waals surface area contributed by atoms with Gasteiger partial charge in [-0.3, -0.25) is 10.1 Å². The summed E-state index contributed by atoms with van der Waals surface area (Å²) < 4.78 is 11.7. The van der Waals surface area contributed by atoms with Crippen molar-refractivity contribution in [1.29, 1.82) is 0 Å². The Labute approximate surface area is 191 Å². The van der Waals surface area contributed by atoms with Crippen LogP contribution in [0.4, 0.5) is 10.8 Å². The molecule has 0 radical (unpaired) electrons. The van der Waals surface area contributed by atoms with E-state index in [9.17, 15) is 4.79 Å². The number of aromatic nitrogens is 2. The molecule has 0 atom stereocenters. The standard InChI is InChI=1S/C23H18N4O3S2/c1-29-16-10-7-12(11-17(16)30-2)14-9-8-13-19(24)20(32-22(13)25-14)21(28)27-23-26-15-5-3-4-6-18(15)31-23/h3-11H,24H2,1-2H3,(H,26,27,28). The van der Waals surface area contributed by atoms with E-state index in [-0.39, 0.29) is 5.91 Å². The molecule has 5 aromatic rings. The number of benzene rings is 2. The molecule has 3 heterocycles. The lowest BCUT2D eigenvalue weighted by Crippen LogP contribution is -2.11. The maximum atomic E-state index is 12.9. The topological polar surface area (TPSA) is 99.4 Å². The number of nitrogens with one attached hydrogen (secondary N) is 1. The predicted molar refractivity (Wildman–Crippen MR) is 130 cm³/mol. The van der Waals surface area contributed by atoms with E-state index in [0.29, 0.717) is 32.0 Å². The molecule has 1 amide bonds. The Morgan fingerprint density at radius 3 is 2.56 bits per heavy atom. The summed E-state index contributed by atoms with van der Waals surface area (Å²) >= 11 is 2.68. The largest absolute Gasteiger partial charge is 0.493 e. The molecule has 0 unspecified atom stereocenters. The van der Waals surface area contributed by atoms with Gasteiger partial charge >= 0.3 is 0 Å². The van der Waals surface area contributed by atoms with Gasteiger partial charge in [0.25, 0.3) is 5.91 Å². The summed E-state index contributed by atoms with van der Waals surface area (Å²) in [6, 6.07) is 17.1. The van der Waals surface area contributed by atoms with Crippen LogP contribution in [-0.4, -0.2) is 30.1 Å². The molecule has 32 heavy (non-hydrogen) atoms. The summed E-state index contributed by atoms with van der Waals surface area (Å²) in [5, 5.41) is 4.14. The van der Waals surface area contributed by atoms with Gasteiger partial charge in [-0.1, -0.05) is 23.5 Å². The smallest absolute Gasteiger partial charge is 0.269 e. The number of hydrogen-bond donors (Lipinski definition) is 2. The maximum Gasteiger partial charge on any atom is 0.269 e. The van der Waals surface area contributed by atoms with E-state index >= 15 is 0 Å². The number of ether oxygens (including phenoxy) is 2. The second kappa shape index (κ2) is 8.10. The van der Waals surface area contributed by atoms with Crippen molar-refractivity contribution in [3.63, 3.8) is 0 Å². The molecule has 7 nitrogen and oxygen atoms in total. The molecule has 0 saturated carbocycles. The summed E-state index contributed by atoms with van der Waals surface area (Å²) in [5.74, 6) is 0.970. The summed E-state index contributed by atoms with van der Waals surface area (Å²) in [5.41, 5.74) is 9.17. The first-order valence-corrected chi connectivity index (χ1v) is 11.3. The highest BCUT2D eigenvalue weighted by atomic mass is 32.1. The average Bonchev–Trinajstić information content (AvgIpc) is 3.38. The number of carbonyl (C=O) groups excluding carboxylic acids is 1. The molecule has 2 aromatic carbocycles. The molecule has 0 aliphatic carbocycles. The van der Waals surface area contributed by atoms with E-state index in [4.69, 9.17) is 20.2 Å². The number of thiazole rings is 1. The van der Waals surface area contributed by atoms with E-state index in [1.54, 1.807) is 14.2 Å². The molecular weight excluding hydrogens is 444 g/mol. The molecule has 160 valence electrons. The number of para-hydroxylation sites is 1. The molecule has 0 fully saturated rings. The Kier molecular flexibility index (Phi) is 5.12. The number of hydrogen-bond acceptors (Lipinski definition) is 8. The predicted octanol–water partition coefficient (Wildman–Crippen LogP) is 5.42. The van der Waals surface area contributed by atoms with Gasteiger partial charge in [-0.25, -0.2) is 9.97 Å². The number of fused-ring (bicyclic) bond motifs is 2. The van der Waals surface area contributed by atoms with Crippen molar-refractivity contribution >= 4 is 59.8 Å². The van der Waals surface area contributed by atoms with Crippen LogP contribution in [0.15, 0.2) is 54.6 Å². The summed E-state index contributed by atoms with van der Waals surface area (Å²) in [4.78, 5) is 23.2. The molecule has 0 aliphatic rings. The normalized spacial score (nSPS) is 11.1. The van der Waals surface area contributed by atoms with Gasteiger partial charge in [-0.2, -0.15) is 0 Å². The van der Waals surface area contributed by atoms with Crippen LogP contribution < -0.4 is 20.5 Å². The van der Waals surface area contributed by atoms with Crippen LogP contribution >= 0.6 is 22.7 Å². The fourth-order valence-corrected chi connectivity index (χ4v) is 5.25. The van der Waals surface area contributed by atoms with Gasteiger partial charge in [0.2, 0.25) is 0 Å². The van der Waals surface area contributed by atoms with Gasteiger partial charge in [0.05, 0.1) is 35.8 Å². The van der Waals surface area contributed by atoms with Gasteiger partial charge in [0.15, 0.2) is 16.6 Å². The van der Waals surface area contributed by atoms with E-state index in [2.05, 4.69) is 10.3 Å². The van der Waals surface area contributed by atoms with Crippen molar-refractivity contribution in [3.05, 3.63) is 59.5 Å². The Morgan fingerprint density at radius 1 is 0.969 bits per heavy atom. The number of nitrogen functional groups attached to an aromatic ring is 1. The van der Waals surface area contributed by atoms with Gasteiger partial charge < -0.3 is 15.2 Å². The lowest BCUT2D eigenvalue weighted by Gasteiger charge is -2.09. The van der Waals surface area contributed by atoms with Crippen molar-refractivity contribution in [3.8, 4) is 22.8 Å². The quantitative estimate of drug-likeness (QED) is 0.362. The third-order valence-corrected chi connectivity index (χ3v) is 7.06. The maximum absolute atomic E-state index is 12.9. The molecule has 3 N–H and O–H groups in total. The number of carbonyl (C=O) groups is 1. The average molecular weight is 463 g/mol. The van der Waals surface area contributed by atoms with Gasteiger partial charge in [-0.15, -0.1) is 11.3 Å². The van der Waals surface area contributed by atoms with Crippen molar-refractivity contribution in [2.45, 2.75) is 0 Å². The van der Waals surface area contributed by atoms with E-state index in [1.807, 2.05) is 54.6 Å². The number of pyridine rings is 1. The first kappa shape index (κ1) is 20.2. The minimum atomic E-state index is -0.294. The minimum absolute atomic E-state index is 0.294. The van der Waals surface area contributed by atoms with E-state index < -0.39 is 0 Å². The zero-order valence-electron chi connectivity index (χ0n) is 17.2. The number of nitrogens with zero attached hydrogens (tertiary/aromatic N) is 2. The van der Waals surface area contributed by atoms with Crippen molar-refractivity contribution in [2.75, 3.05) is 25.3 Å². The first-order chi connectivity index (χ1) is 15.6. The Bertz CT molecular complexity index is 1440. The van der Waals surface area contributed by atoms with Crippen LogP contribution in [0.25, 0.3) is 31.7 Å². The van der Waals surface area contributed by atoms with Crippen LogP contribution in [0.5, 0.6) is 11.5 Å². The Morgan fingerprint density at radius 2 is 1.78 bits per heavy atom. The third-order valence-electron chi connectivity index (χ3n) is 4.99. The highest BCUT2D eigenvalue weighted by molar-refractivity contribution is 7.23. The lowest BCUT2D eigenvalue weighted by atomic mass is 10.1. The Balaban J connectivity index is 1.47. The Hall–Kier alpha value is -3.69. The molecule has 0 saturated heterocycles. The van der Waals surface area contributed by atoms with Crippen molar-refractivity contribution < 1.29 is 14.3 Å². The highest BCUT2D eigenvalue weighted by Gasteiger charge is 2.19. The van der Waals surface area contributed by atoms with Crippen LogP contribution in [0.2, 0.25) is 0 Å². The first-order valence-electron chi connectivity index (χ1n) is 9.65. The number of methoxy groups -OCH3 is 2. The van der Waals surface area contributed by atoms with Crippen molar-refractivity contribution in [2.24, 2.45) is 0 Å². The van der Waals surface area contributed by atoms with Crippen LogP contribution in [0.3, 0.4) is 0 Å². The number of rotatable bonds is 5. The minimum Gasteiger partial charge on any atom is -0.493 e. The van der Waals surface area contributed by atoms with Gasteiger partial charge in [0, 0.05) is 10.9 Å². The zero-order chi connectivity index (χ0) is 22.2. The lowest BCUT2D eigenvalue weighted by molar-refractivity contribution is 0.103. The molecule has 0 bridgehead atoms. The number of anilines is 2. The molecule has 0 aliphatic heterocycles. The van der Waals surface area contributed by atoms with Gasteiger partial charge in [-0.05, 0) is 42.5 Å². The fourth-order valence-electron chi connectivity index (χ4n) is 3.40. The van der Waals surface area contributed by atoms with Gasteiger partial charge in [0.1, 0.15) is 9.71 Å². The van der Waals surface area contributed by atoms with E-state index in [0.717, 1.165) is 26.9 Å². The number of nitrogens with two attached hydrogens (primary N) is 1. The molecule has 9 heteroatoms. The molecule has 3 aromatic heterocycles. The summed E-state index contributed by atoms with van der Waals surface area (Å²) in [6.07, 6.45) is 0. The van der Waals surface area contributed by atoms with E-state index in [1.165, 1.54) is 22.7 Å². The SMILES string of the molecule is COc1ccc(-c2ccc3c(N)c(C(=O)Nc4nc5ccccc5s4)sc3n2)cc1OC. The number of amides is 1. The van der Waals surface area contributed by atoms with Crippen LogP contribution in [0.1, 0.15) is 9.67 Å². The fraction of sp³-hybridized carbons (Fsp3) is 0.0870. The molecule has 0 spiro atoms. The number of thiophene rings is 1. The third kappa shape index (κ3) is 3.51. The van der Waals surface area contributed by atoms with Crippen LogP contribution in [-0.2, 0) is 0 Å². The second-order valence-electron chi connectivity index (χ2n) is 6.90. The molecule has 5 rings (SSSR count). The van der Waals surface area contributed by atoms with Crippen LogP contribution in [0, 0.1) is 0 Å². The summed E-state index contributed by atoms with van der Waals surface area (Å²) in [6.45, 7) is 0. The zero-order valence-corrected chi connectivity index (χ0v) is 18.8. The van der Waals surface area contributed by atoms with Crippen molar-refractivity contribution in [1.82, 2.24) is 9.97 Å².